The van der Waals surface area contributed by atoms with Crippen molar-refractivity contribution < 1.29 is 0 Å². The molecule has 0 spiro atoms. The minimum atomic E-state index is 0.160. The van der Waals surface area contributed by atoms with Crippen LogP contribution in [0.4, 0.5) is 34.1 Å². The Balaban J connectivity index is 1.22. The Morgan fingerprint density at radius 3 is 1.85 bits per heavy atom. The van der Waals surface area contributed by atoms with E-state index in [9.17, 15) is 0 Å². The topological polar surface area (TPSA) is 6.48 Å². The predicted molar refractivity (Wildman–Crippen MR) is 209 cm³/mol. The first-order chi connectivity index (χ1) is 23.8. The highest BCUT2D eigenvalue weighted by Crippen LogP contribution is 2.50. The summed E-state index contributed by atoms with van der Waals surface area (Å²) >= 11 is 3.94. The highest BCUT2D eigenvalue weighted by molar-refractivity contribution is 7.40. The molecule has 226 valence electrons. The van der Waals surface area contributed by atoms with Crippen molar-refractivity contribution in [3.05, 3.63) is 151 Å². The van der Waals surface area contributed by atoms with E-state index in [4.69, 9.17) is 0 Å². The minimum Gasteiger partial charge on any atom is -0.310 e. The van der Waals surface area contributed by atoms with E-state index < -0.39 is 0 Å². The molecule has 8 aromatic rings. The molecule has 4 heterocycles. The lowest BCUT2D eigenvalue weighted by Crippen LogP contribution is -2.59. The van der Waals surface area contributed by atoms with Crippen LogP contribution in [0.25, 0.3) is 31.3 Å². The number of thiophene rings is 2. The molecule has 0 fully saturated rings. The molecule has 0 amide bonds. The number of para-hydroxylation sites is 1. The van der Waals surface area contributed by atoms with Gasteiger partial charge in [0, 0.05) is 52.5 Å². The van der Waals surface area contributed by atoms with Gasteiger partial charge in [0.15, 0.2) is 0 Å². The first-order valence-electron chi connectivity index (χ1n) is 16.9. The fraction of sp³-hybridized carbons (Fsp3) is 0.0698. The number of nitrogens with zero attached hydrogens (tertiary/aromatic N) is 2. The second-order valence-electron chi connectivity index (χ2n) is 13.1. The van der Waals surface area contributed by atoms with Crippen LogP contribution in [-0.2, 0) is 12.8 Å². The van der Waals surface area contributed by atoms with Crippen LogP contribution in [0.2, 0.25) is 0 Å². The smallest absolute Gasteiger partial charge is 0.277 e. The molecule has 0 bridgehead atoms. The Labute approximate surface area is 288 Å². The molecule has 0 saturated heterocycles. The molecule has 2 aliphatic heterocycles. The standard InChI is InChI=1S/C43H29BN2S2/c1-2-15-29(16-3-1)45-35-22-11-23-36-39(35)44(42-40(45)33-18-4-6-24-37(33)47-42)43-41(34-19-5-7-25-38(34)48-43)46(36)30-17-8-14-28(26-30)32-21-10-13-27-12-9-20-31(27)32/h1-8,10-11,13-19,21-26H,9,12,20H2. The zero-order valence-corrected chi connectivity index (χ0v) is 27.8. The molecular formula is C43H29BN2S2. The molecule has 0 unspecified atom stereocenters. The van der Waals surface area contributed by atoms with Crippen LogP contribution in [0.15, 0.2) is 140 Å². The highest BCUT2D eigenvalue weighted by atomic mass is 32.1. The number of hydrogen-bond acceptors (Lipinski definition) is 4. The van der Waals surface area contributed by atoms with Crippen LogP contribution >= 0.6 is 22.7 Å². The van der Waals surface area contributed by atoms with Crippen LogP contribution < -0.4 is 24.8 Å². The van der Waals surface area contributed by atoms with E-state index in [0.29, 0.717) is 0 Å². The van der Waals surface area contributed by atoms with Crippen LogP contribution in [0.1, 0.15) is 17.5 Å². The van der Waals surface area contributed by atoms with Crippen molar-refractivity contribution in [3.8, 4) is 11.1 Å². The normalized spacial score (nSPS) is 14.3. The Morgan fingerprint density at radius 2 is 1.12 bits per heavy atom. The van der Waals surface area contributed by atoms with Crippen molar-refractivity contribution >= 4 is 98.7 Å². The van der Waals surface area contributed by atoms with E-state index in [0.717, 1.165) is 0 Å². The molecule has 0 atom stereocenters. The Morgan fingerprint density at radius 1 is 0.521 bits per heavy atom. The maximum absolute atomic E-state index is 2.58. The van der Waals surface area contributed by atoms with Gasteiger partial charge in [-0.05, 0) is 95.5 Å². The molecule has 2 aromatic heterocycles. The molecule has 6 aromatic carbocycles. The summed E-state index contributed by atoms with van der Waals surface area (Å²) in [6, 6.07) is 52.1. The van der Waals surface area contributed by atoms with Crippen LogP contribution in [0.5, 0.6) is 0 Å². The first kappa shape index (κ1) is 26.9. The van der Waals surface area contributed by atoms with Crippen LogP contribution in [0.3, 0.4) is 0 Å². The van der Waals surface area contributed by atoms with Crippen molar-refractivity contribution in [2.24, 2.45) is 0 Å². The van der Waals surface area contributed by atoms with Crippen molar-refractivity contribution in [1.29, 1.82) is 0 Å². The molecule has 3 aliphatic rings. The molecule has 11 rings (SSSR count). The fourth-order valence-electron chi connectivity index (χ4n) is 8.62. The fourth-order valence-corrected chi connectivity index (χ4v) is 11.3. The third-order valence-electron chi connectivity index (χ3n) is 10.6. The second-order valence-corrected chi connectivity index (χ2v) is 15.3. The molecule has 5 heteroatoms. The Hall–Kier alpha value is -5.10. The van der Waals surface area contributed by atoms with Crippen molar-refractivity contribution in [2.45, 2.75) is 19.3 Å². The van der Waals surface area contributed by atoms with E-state index in [1.54, 1.807) is 0 Å². The van der Waals surface area contributed by atoms with Gasteiger partial charge >= 0.3 is 0 Å². The molecule has 0 N–H and O–H groups in total. The van der Waals surface area contributed by atoms with Gasteiger partial charge in [-0.2, -0.15) is 0 Å². The van der Waals surface area contributed by atoms with Crippen molar-refractivity contribution in [1.82, 2.24) is 0 Å². The van der Waals surface area contributed by atoms with Crippen molar-refractivity contribution in [3.63, 3.8) is 0 Å². The van der Waals surface area contributed by atoms with Gasteiger partial charge in [-0.25, -0.2) is 0 Å². The van der Waals surface area contributed by atoms with Gasteiger partial charge in [0.05, 0.1) is 11.4 Å². The van der Waals surface area contributed by atoms with Gasteiger partial charge in [0.1, 0.15) is 0 Å². The summed E-state index contributed by atoms with van der Waals surface area (Å²) in [6.07, 6.45) is 3.60. The molecular weight excluding hydrogens is 619 g/mol. The zero-order valence-electron chi connectivity index (χ0n) is 26.2. The summed E-state index contributed by atoms with van der Waals surface area (Å²) < 4.78 is 5.54. The monoisotopic (exact) mass is 648 g/mol. The van der Waals surface area contributed by atoms with E-state index in [1.165, 1.54) is 111 Å². The van der Waals surface area contributed by atoms with E-state index >= 15 is 0 Å². The third kappa shape index (κ3) is 3.69. The van der Waals surface area contributed by atoms with E-state index in [-0.39, 0.29) is 6.71 Å². The summed E-state index contributed by atoms with van der Waals surface area (Å²) in [5.74, 6) is 0. The second kappa shape index (κ2) is 10.2. The lowest BCUT2D eigenvalue weighted by Gasteiger charge is -2.42. The number of fused-ring (bicyclic) bond motifs is 9. The maximum atomic E-state index is 2.58. The molecule has 1 aliphatic carbocycles. The Kier molecular flexibility index (Phi) is 5.72. The van der Waals surface area contributed by atoms with Gasteiger partial charge in [0.25, 0.3) is 6.71 Å². The highest BCUT2D eigenvalue weighted by Gasteiger charge is 2.46. The summed E-state index contributed by atoms with van der Waals surface area (Å²) in [4.78, 5) is 5.11. The molecule has 0 radical (unpaired) electrons. The van der Waals surface area contributed by atoms with E-state index in [1.807, 2.05) is 22.7 Å². The SMILES string of the molecule is c1ccc(N2c3cccc4c3B(c3sc5ccccc5c32)c2sc3ccccc3c2N4c2cccc(-c3cccc4c3CCC4)c2)cc1. The van der Waals surface area contributed by atoms with Gasteiger partial charge in [-0.15, -0.1) is 22.7 Å². The number of anilines is 6. The van der Waals surface area contributed by atoms with Crippen molar-refractivity contribution in [2.75, 3.05) is 9.80 Å². The van der Waals surface area contributed by atoms with Gasteiger partial charge < -0.3 is 9.80 Å². The summed E-state index contributed by atoms with van der Waals surface area (Å²) in [5, 5.41) is 2.65. The third-order valence-corrected chi connectivity index (χ3v) is 13.0. The summed E-state index contributed by atoms with van der Waals surface area (Å²) in [7, 11) is 0. The minimum absolute atomic E-state index is 0.160. The predicted octanol–water partition coefficient (Wildman–Crippen LogP) is 10.4. The largest absolute Gasteiger partial charge is 0.310 e. The first-order valence-corrected chi connectivity index (χ1v) is 18.5. The molecule has 48 heavy (non-hydrogen) atoms. The van der Waals surface area contributed by atoms with E-state index in [2.05, 4.69) is 149 Å². The molecule has 0 saturated carbocycles. The summed E-state index contributed by atoms with van der Waals surface area (Å²) in [6.45, 7) is 0.160. The van der Waals surface area contributed by atoms with Gasteiger partial charge in [-0.1, -0.05) is 91.0 Å². The zero-order chi connectivity index (χ0) is 31.3. The lowest BCUT2D eigenvalue weighted by molar-refractivity contribution is 0.912. The number of benzene rings is 6. The quantitative estimate of drug-likeness (QED) is 0.176. The Bertz CT molecular complexity index is 2580. The molecule has 2 nitrogen and oxygen atoms in total. The number of rotatable bonds is 3. The van der Waals surface area contributed by atoms with Crippen LogP contribution in [-0.4, -0.2) is 6.71 Å². The average Bonchev–Trinajstić information content (AvgIpc) is 3.88. The summed E-state index contributed by atoms with van der Waals surface area (Å²) in [5.41, 5.74) is 14.7. The van der Waals surface area contributed by atoms with Gasteiger partial charge in [0.2, 0.25) is 0 Å². The van der Waals surface area contributed by atoms with Gasteiger partial charge in [-0.3, -0.25) is 0 Å². The lowest BCUT2D eigenvalue weighted by atomic mass is 9.39. The van der Waals surface area contributed by atoms with Crippen LogP contribution in [0, 0.1) is 0 Å². The maximum Gasteiger partial charge on any atom is 0.277 e. The average molecular weight is 649 g/mol. The number of hydrogen-bond donors (Lipinski definition) is 0. The number of aryl methyl sites for hydroxylation is 1.